The molecule has 6 nitrogen and oxygen atoms in total. The van der Waals surface area contributed by atoms with Crippen LogP contribution in [0.25, 0.3) is 0 Å². The Hall–Kier alpha value is -2.38. The van der Waals surface area contributed by atoms with E-state index < -0.39 is 10.0 Å². The second kappa shape index (κ2) is 7.47. The SMILES string of the molecule is Cc1ccc(S(=O)(=O)Nc2ccc(C(=O)N3CCN(C)CC3)cc2)cc1. The molecule has 1 heterocycles. The fourth-order valence-corrected chi connectivity index (χ4v) is 3.86. The smallest absolute Gasteiger partial charge is 0.261 e. The number of sulfonamides is 1. The van der Waals surface area contributed by atoms with Gasteiger partial charge in [0.25, 0.3) is 15.9 Å². The fraction of sp³-hybridized carbons (Fsp3) is 0.316. The van der Waals surface area contributed by atoms with Crippen LogP contribution in [0.1, 0.15) is 15.9 Å². The predicted molar refractivity (Wildman–Crippen MR) is 102 cm³/mol. The second-order valence-electron chi connectivity index (χ2n) is 6.59. The lowest BCUT2D eigenvalue weighted by atomic mass is 10.1. The Morgan fingerprint density at radius 3 is 2.08 bits per heavy atom. The van der Waals surface area contributed by atoms with Gasteiger partial charge in [0.2, 0.25) is 0 Å². The van der Waals surface area contributed by atoms with E-state index in [4.69, 9.17) is 0 Å². The van der Waals surface area contributed by atoms with E-state index in [-0.39, 0.29) is 10.8 Å². The molecule has 3 rings (SSSR count). The Kier molecular flexibility index (Phi) is 5.29. The minimum Gasteiger partial charge on any atom is -0.336 e. The van der Waals surface area contributed by atoms with Crippen LogP contribution in [0.4, 0.5) is 5.69 Å². The maximum Gasteiger partial charge on any atom is 0.261 e. The molecule has 0 saturated carbocycles. The highest BCUT2D eigenvalue weighted by atomic mass is 32.2. The van der Waals surface area contributed by atoms with Crippen LogP contribution in [0.3, 0.4) is 0 Å². The Balaban J connectivity index is 1.69. The van der Waals surface area contributed by atoms with Crippen molar-refractivity contribution >= 4 is 21.6 Å². The largest absolute Gasteiger partial charge is 0.336 e. The van der Waals surface area contributed by atoms with Crippen LogP contribution in [-0.2, 0) is 10.0 Å². The number of piperazine rings is 1. The molecule has 1 aliphatic rings. The highest BCUT2D eigenvalue weighted by Crippen LogP contribution is 2.18. The number of hydrogen-bond donors (Lipinski definition) is 1. The standard InChI is InChI=1S/C19H23N3O3S/c1-15-3-9-18(10-4-15)26(24,25)20-17-7-5-16(6-8-17)19(23)22-13-11-21(2)12-14-22/h3-10,20H,11-14H2,1-2H3. The molecular formula is C19H23N3O3S. The van der Waals surface area contributed by atoms with Gasteiger partial charge in [-0.3, -0.25) is 9.52 Å². The molecule has 0 radical (unpaired) electrons. The van der Waals surface area contributed by atoms with Gasteiger partial charge in [-0.25, -0.2) is 8.42 Å². The van der Waals surface area contributed by atoms with E-state index in [1.54, 1.807) is 48.5 Å². The molecular weight excluding hydrogens is 350 g/mol. The quantitative estimate of drug-likeness (QED) is 0.892. The lowest BCUT2D eigenvalue weighted by molar-refractivity contribution is 0.0664. The van der Waals surface area contributed by atoms with Crippen molar-refractivity contribution in [3.63, 3.8) is 0 Å². The normalized spacial score (nSPS) is 15.7. The number of carbonyl (C=O) groups is 1. The van der Waals surface area contributed by atoms with E-state index in [1.165, 1.54) is 0 Å². The van der Waals surface area contributed by atoms with E-state index in [1.807, 2.05) is 18.9 Å². The Morgan fingerprint density at radius 1 is 0.923 bits per heavy atom. The van der Waals surface area contributed by atoms with Gasteiger partial charge in [0, 0.05) is 37.4 Å². The zero-order chi connectivity index (χ0) is 18.7. The molecule has 138 valence electrons. The summed E-state index contributed by atoms with van der Waals surface area (Å²) in [6, 6.07) is 13.2. The average molecular weight is 373 g/mol. The number of amides is 1. The van der Waals surface area contributed by atoms with Crippen LogP contribution < -0.4 is 4.72 Å². The van der Waals surface area contributed by atoms with E-state index in [9.17, 15) is 13.2 Å². The first kappa shape index (κ1) is 18.4. The number of hydrogen-bond acceptors (Lipinski definition) is 4. The monoisotopic (exact) mass is 373 g/mol. The van der Waals surface area contributed by atoms with Crippen LogP contribution >= 0.6 is 0 Å². The molecule has 0 unspecified atom stereocenters. The predicted octanol–water partition coefficient (Wildman–Crippen LogP) is 2.18. The molecule has 26 heavy (non-hydrogen) atoms. The van der Waals surface area contributed by atoms with Gasteiger partial charge in [0.1, 0.15) is 0 Å². The van der Waals surface area contributed by atoms with Gasteiger partial charge in [-0.2, -0.15) is 0 Å². The summed E-state index contributed by atoms with van der Waals surface area (Å²) in [5.74, 6) is -0.0222. The van der Waals surface area contributed by atoms with Gasteiger partial charge in [-0.05, 0) is 50.4 Å². The molecule has 1 fully saturated rings. The number of rotatable bonds is 4. The summed E-state index contributed by atoms with van der Waals surface area (Å²) >= 11 is 0. The molecule has 0 aliphatic carbocycles. The van der Waals surface area contributed by atoms with Crippen LogP contribution in [0.2, 0.25) is 0 Å². The van der Waals surface area contributed by atoms with E-state index >= 15 is 0 Å². The lowest BCUT2D eigenvalue weighted by Gasteiger charge is -2.32. The van der Waals surface area contributed by atoms with Gasteiger partial charge in [-0.15, -0.1) is 0 Å². The second-order valence-corrected chi connectivity index (χ2v) is 8.27. The number of nitrogens with one attached hydrogen (secondary N) is 1. The summed E-state index contributed by atoms with van der Waals surface area (Å²) in [6.45, 7) is 5.04. The van der Waals surface area contributed by atoms with Crippen molar-refractivity contribution in [2.24, 2.45) is 0 Å². The molecule has 0 aromatic heterocycles. The Bertz CT molecular complexity index is 869. The number of benzene rings is 2. The minimum atomic E-state index is -3.64. The van der Waals surface area contributed by atoms with Crippen LogP contribution in [0, 0.1) is 6.92 Å². The molecule has 2 aromatic rings. The van der Waals surface area contributed by atoms with Crippen molar-refractivity contribution in [2.45, 2.75) is 11.8 Å². The molecule has 7 heteroatoms. The third-order valence-corrected chi connectivity index (χ3v) is 5.90. The van der Waals surface area contributed by atoms with Crippen molar-refractivity contribution < 1.29 is 13.2 Å². The van der Waals surface area contributed by atoms with Gasteiger partial charge in [0.05, 0.1) is 4.90 Å². The van der Waals surface area contributed by atoms with Gasteiger partial charge in [0.15, 0.2) is 0 Å². The molecule has 1 N–H and O–H groups in total. The lowest BCUT2D eigenvalue weighted by Crippen LogP contribution is -2.47. The number of anilines is 1. The summed E-state index contributed by atoms with van der Waals surface area (Å²) in [4.78, 5) is 16.7. The van der Waals surface area contributed by atoms with Crippen molar-refractivity contribution in [3.05, 3.63) is 59.7 Å². The first-order valence-electron chi connectivity index (χ1n) is 8.52. The number of nitrogens with zero attached hydrogens (tertiary/aromatic N) is 2. The van der Waals surface area contributed by atoms with E-state index in [0.717, 1.165) is 18.7 Å². The first-order valence-corrected chi connectivity index (χ1v) is 10.0. The third-order valence-electron chi connectivity index (χ3n) is 4.51. The zero-order valence-corrected chi connectivity index (χ0v) is 15.8. The molecule has 0 atom stereocenters. The highest BCUT2D eigenvalue weighted by Gasteiger charge is 2.20. The van der Waals surface area contributed by atoms with Crippen LogP contribution in [0.5, 0.6) is 0 Å². The molecule has 1 saturated heterocycles. The molecule has 0 spiro atoms. The molecule has 0 bridgehead atoms. The van der Waals surface area contributed by atoms with Gasteiger partial charge in [-0.1, -0.05) is 17.7 Å². The van der Waals surface area contributed by atoms with Crippen molar-refractivity contribution in [1.29, 1.82) is 0 Å². The maximum absolute atomic E-state index is 12.5. The van der Waals surface area contributed by atoms with E-state index in [0.29, 0.717) is 24.3 Å². The number of aryl methyl sites for hydroxylation is 1. The number of carbonyl (C=O) groups excluding carboxylic acids is 1. The van der Waals surface area contributed by atoms with E-state index in [2.05, 4.69) is 9.62 Å². The summed E-state index contributed by atoms with van der Waals surface area (Å²) in [7, 11) is -1.60. The fourth-order valence-electron chi connectivity index (χ4n) is 2.80. The maximum atomic E-state index is 12.5. The summed E-state index contributed by atoms with van der Waals surface area (Å²) in [6.07, 6.45) is 0. The molecule has 1 aliphatic heterocycles. The van der Waals surface area contributed by atoms with Gasteiger partial charge >= 0.3 is 0 Å². The first-order chi connectivity index (χ1) is 12.3. The highest BCUT2D eigenvalue weighted by molar-refractivity contribution is 7.92. The van der Waals surface area contributed by atoms with Crippen LogP contribution in [-0.4, -0.2) is 57.4 Å². The van der Waals surface area contributed by atoms with Crippen LogP contribution in [0.15, 0.2) is 53.4 Å². The van der Waals surface area contributed by atoms with Gasteiger partial charge < -0.3 is 9.80 Å². The zero-order valence-electron chi connectivity index (χ0n) is 15.0. The Labute approximate surface area is 154 Å². The minimum absolute atomic E-state index is 0.0222. The van der Waals surface area contributed by atoms with Crippen molar-refractivity contribution in [2.75, 3.05) is 37.9 Å². The average Bonchev–Trinajstić information content (AvgIpc) is 2.62. The molecule has 1 amide bonds. The third kappa shape index (κ3) is 4.23. The summed E-state index contributed by atoms with van der Waals surface area (Å²) < 4.78 is 27.4. The molecule has 2 aromatic carbocycles. The van der Waals surface area contributed by atoms with Crippen molar-refractivity contribution in [1.82, 2.24) is 9.80 Å². The topological polar surface area (TPSA) is 69.7 Å². The van der Waals surface area contributed by atoms with Crippen molar-refractivity contribution in [3.8, 4) is 0 Å². The summed E-state index contributed by atoms with van der Waals surface area (Å²) in [5, 5.41) is 0. The Morgan fingerprint density at radius 2 is 1.50 bits per heavy atom. The summed E-state index contributed by atoms with van der Waals surface area (Å²) in [5.41, 5.74) is 1.99. The number of likely N-dealkylation sites (N-methyl/N-ethyl adjacent to an activating group) is 1.